The van der Waals surface area contributed by atoms with E-state index in [1.165, 1.54) is 23.4 Å². The highest BCUT2D eigenvalue weighted by Gasteiger charge is 2.40. The van der Waals surface area contributed by atoms with E-state index < -0.39 is 0 Å². The summed E-state index contributed by atoms with van der Waals surface area (Å²) < 4.78 is 12.5. The number of aromatic nitrogens is 2. The van der Waals surface area contributed by atoms with Crippen LogP contribution in [0.4, 0.5) is 4.79 Å². The van der Waals surface area contributed by atoms with Crippen LogP contribution in [-0.4, -0.2) is 67.9 Å². The maximum absolute atomic E-state index is 14.0. The molecule has 53 heavy (non-hydrogen) atoms. The molecule has 0 bridgehead atoms. The molecule has 2 saturated heterocycles. The Bertz CT molecular complexity index is 2010. The second-order valence-electron chi connectivity index (χ2n) is 13.6. The van der Waals surface area contributed by atoms with Gasteiger partial charge >= 0.3 is 6.03 Å². The van der Waals surface area contributed by atoms with Crippen LogP contribution in [0.2, 0.25) is 0 Å². The average molecular weight is 724 g/mol. The predicted octanol–water partition coefficient (Wildman–Crippen LogP) is 7.97. The molecule has 9 heteroatoms. The van der Waals surface area contributed by atoms with Crippen molar-refractivity contribution in [2.24, 2.45) is 0 Å². The van der Waals surface area contributed by atoms with Crippen LogP contribution >= 0.6 is 11.8 Å². The molecule has 5 aromatic rings. The molecular weight excluding hydrogens is 679 g/mol. The zero-order valence-corrected chi connectivity index (χ0v) is 31.2. The largest absolute Gasteiger partial charge is 0.482 e. The van der Waals surface area contributed by atoms with E-state index in [1.807, 2.05) is 94.4 Å². The molecule has 2 aliphatic heterocycles. The van der Waals surface area contributed by atoms with E-state index in [0.717, 1.165) is 47.5 Å². The van der Waals surface area contributed by atoms with Gasteiger partial charge in [0.25, 0.3) is 5.88 Å². The van der Waals surface area contributed by atoms with E-state index in [4.69, 9.17) is 9.47 Å². The van der Waals surface area contributed by atoms with Crippen LogP contribution in [0.15, 0.2) is 116 Å². The van der Waals surface area contributed by atoms with Crippen molar-refractivity contribution >= 4 is 17.8 Å². The third-order valence-electron chi connectivity index (χ3n) is 9.52. The Morgan fingerprint density at radius 1 is 0.736 bits per heavy atom. The normalized spacial score (nSPS) is 16.1. The van der Waals surface area contributed by atoms with Gasteiger partial charge in [0.05, 0.1) is 12.6 Å². The van der Waals surface area contributed by atoms with Gasteiger partial charge in [-0.05, 0) is 60.4 Å². The van der Waals surface area contributed by atoms with Crippen LogP contribution in [0.3, 0.4) is 0 Å². The summed E-state index contributed by atoms with van der Waals surface area (Å²) in [6.45, 7) is 8.83. The zero-order chi connectivity index (χ0) is 36.4. The van der Waals surface area contributed by atoms with Crippen molar-refractivity contribution in [2.75, 3.05) is 31.1 Å². The fraction of sp³-hybridized carbons (Fsp3) is 0.295. The van der Waals surface area contributed by atoms with Crippen molar-refractivity contribution in [1.82, 2.24) is 24.7 Å². The molecule has 1 atom stereocenters. The zero-order valence-electron chi connectivity index (χ0n) is 30.4. The predicted molar refractivity (Wildman–Crippen MR) is 211 cm³/mol. The fourth-order valence-electron chi connectivity index (χ4n) is 6.68. The van der Waals surface area contributed by atoms with E-state index >= 15 is 0 Å². The molecule has 0 radical (unpaired) electrons. The summed E-state index contributed by atoms with van der Waals surface area (Å²) in [6.07, 6.45) is 1.48. The van der Waals surface area contributed by atoms with Crippen LogP contribution in [0.1, 0.15) is 59.0 Å². The lowest BCUT2D eigenvalue weighted by atomic mass is 10.0. The van der Waals surface area contributed by atoms with Gasteiger partial charge in [0, 0.05) is 54.9 Å². The summed E-state index contributed by atoms with van der Waals surface area (Å²) >= 11 is 2.04. The molecule has 1 unspecified atom stereocenters. The first-order valence-corrected chi connectivity index (χ1v) is 19.4. The van der Waals surface area contributed by atoms with Crippen molar-refractivity contribution in [1.29, 1.82) is 0 Å². The summed E-state index contributed by atoms with van der Waals surface area (Å²) in [7, 11) is 0. The maximum Gasteiger partial charge on any atom is 0.321 e. The first-order chi connectivity index (χ1) is 26.0. The minimum atomic E-state index is -0.125. The molecule has 1 aromatic heterocycles. The number of rotatable bonds is 12. The van der Waals surface area contributed by atoms with E-state index in [0.29, 0.717) is 37.1 Å². The topological polar surface area (TPSA) is 71.0 Å². The van der Waals surface area contributed by atoms with Gasteiger partial charge in [0.1, 0.15) is 25.2 Å². The molecule has 8 nitrogen and oxygen atoms in total. The van der Waals surface area contributed by atoms with E-state index in [9.17, 15) is 4.79 Å². The lowest BCUT2D eigenvalue weighted by Gasteiger charge is -2.27. The van der Waals surface area contributed by atoms with Crippen molar-refractivity contribution in [3.8, 4) is 23.5 Å². The van der Waals surface area contributed by atoms with E-state index in [1.54, 1.807) is 0 Å². The summed E-state index contributed by atoms with van der Waals surface area (Å²) in [5.74, 6) is 9.88. The molecule has 0 spiro atoms. The number of hydrogen-bond donors (Lipinski definition) is 0. The minimum Gasteiger partial charge on any atom is -0.482 e. The monoisotopic (exact) mass is 723 g/mol. The Morgan fingerprint density at radius 2 is 1.34 bits per heavy atom. The number of hydrogen-bond acceptors (Lipinski definition) is 7. The Labute approximate surface area is 317 Å². The summed E-state index contributed by atoms with van der Waals surface area (Å²) in [6, 6.07) is 36.6. The Balaban J connectivity index is 1.05. The van der Waals surface area contributed by atoms with Gasteiger partial charge < -0.3 is 19.3 Å². The molecule has 3 heterocycles. The van der Waals surface area contributed by atoms with Gasteiger partial charge in [-0.25, -0.2) is 9.78 Å². The van der Waals surface area contributed by atoms with Crippen LogP contribution in [0, 0.1) is 11.8 Å². The lowest BCUT2D eigenvalue weighted by molar-refractivity contribution is 0.171. The van der Waals surface area contributed by atoms with Crippen molar-refractivity contribution in [3.05, 3.63) is 155 Å². The fourth-order valence-corrected chi connectivity index (χ4v) is 7.66. The van der Waals surface area contributed by atoms with Crippen molar-refractivity contribution in [2.45, 2.75) is 52.2 Å². The van der Waals surface area contributed by atoms with Gasteiger partial charge in [-0.15, -0.1) is 0 Å². The van der Waals surface area contributed by atoms with Crippen LogP contribution < -0.4 is 9.47 Å². The number of benzene rings is 4. The van der Waals surface area contributed by atoms with Crippen molar-refractivity contribution < 1.29 is 14.3 Å². The first-order valence-electron chi connectivity index (χ1n) is 18.3. The minimum absolute atomic E-state index is 0.00212. The molecule has 2 fully saturated rings. The quantitative estimate of drug-likeness (QED) is 0.121. The van der Waals surface area contributed by atoms with Gasteiger partial charge in [-0.2, -0.15) is 16.7 Å². The van der Waals surface area contributed by atoms with E-state index in [-0.39, 0.29) is 24.7 Å². The number of carbonyl (C=O) groups excluding carboxylic acids is 1. The molecule has 270 valence electrons. The standard InChI is InChI=1S/C44H45N5O3S/c1-33(2)49-41(39-21-19-35(20-22-39)14-13-34-15-17-36(18-16-34)27-47-23-25-53-26-24-47)29-48(44(49)50)28-40-42(51-30-37-9-5-3-6-10-37)43(46-32-45-40)52-31-38-11-7-4-8-12-38/h3-12,15-22,32-33,41H,23-31H2,1-2H3. The SMILES string of the molecule is CC(C)N1C(=O)N(Cc2ncnc(OCc3ccccc3)c2OCc2ccccc2)CC1c1ccc(C#Cc2ccc(CN3CCSCC3)cc2)cc1. The lowest BCUT2D eigenvalue weighted by Crippen LogP contribution is -2.37. The van der Waals surface area contributed by atoms with Crippen LogP contribution in [0.25, 0.3) is 0 Å². The number of nitrogens with zero attached hydrogens (tertiary/aromatic N) is 5. The number of urea groups is 1. The van der Waals surface area contributed by atoms with Gasteiger partial charge in [-0.1, -0.05) is 96.8 Å². The van der Waals surface area contributed by atoms with Crippen LogP contribution in [0.5, 0.6) is 11.6 Å². The molecule has 2 amide bonds. The van der Waals surface area contributed by atoms with Gasteiger partial charge in [0.15, 0.2) is 0 Å². The second-order valence-corrected chi connectivity index (χ2v) is 14.9. The third-order valence-corrected chi connectivity index (χ3v) is 10.5. The third kappa shape index (κ3) is 9.39. The summed E-state index contributed by atoms with van der Waals surface area (Å²) in [4.78, 5) is 29.4. The van der Waals surface area contributed by atoms with Gasteiger partial charge in [-0.3, -0.25) is 4.90 Å². The first kappa shape index (κ1) is 36.1. The summed E-state index contributed by atoms with van der Waals surface area (Å²) in [5.41, 5.74) is 6.95. The molecular formula is C44H45N5O3S. The van der Waals surface area contributed by atoms with Gasteiger partial charge in [0.2, 0.25) is 5.75 Å². The average Bonchev–Trinajstić information content (AvgIpc) is 3.53. The number of carbonyl (C=O) groups is 1. The Morgan fingerprint density at radius 3 is 1.96 bits per heavy atom. The smallest absolute Gasteiger partial charge is 0.321 e. The highest BCUT2D eigenvalue weighted by molar-refractivity contribution is 7.99. The highest BCUT2D eigenvalue weighted by atomic mass is 32.2. The molecule has 0 N–H and O–H groups in total. The number of ether oxygens (including phenoxy) is 2. The number of thioether (sulfide) groups is 1. The van der Waals surface area contributed by atoms with E-state index in [2.05, 4.69) is 77.0 Å². The highest BCUT2D eigenvalue weighted by Crippen LogP contribution is 2.35. The molecule has 0 saturated carbocycles. The Kier molecular flexibility index (Phi) is 11.9. The Hall–Kier alpha value is -5.30. The molecule has 0 aliphatic carbocycles. The number of amides is 2. The molecule has 7 rings (SSSR count). The maximum atomic E-state index is 14.0. The second kappa shape index (κ2) is 17.5. The summed E-state index contributed by atoms with van der Waals surface area (Å²) in [5, 5.41) is 0. The molecule has 4 aromatic carbocycles. The van der Waals surface area contributed by atoms with Crippen molar-refractivity contribution in [3.63, 3.8) is 0 Å². The molecule has 2 aliphatic rings. The van der Waals surface area contributed by atoms with Crippen LogP contribution in [-0.2, 0) is 26.3 Å².